The molecule has 2 aromatic rings. The molecule has 2 aromatic carbocycles. The molecule has 0 aliphatic carbocycles. The lowest BCUT2D eigenvalue weighted by atomic mass is 10.1. The van der Waals surface area contributed by atoms with E-state index >= 15 is 0 Å². The van der Waals surface area contributed by atoms with E-state index in [4.69, 9.17) is 5.26 Å². The summed E-state index contributed by atoms with van der Waals surface area (Å²) in [5.74, 6) is 0.859. The lowest BCUT2D eigenvalue weighted by Gasteiger charge is -2.06. The smallest absolute Gasteiger partial charge is 0.282 e. The van der Waals surface area contributed by atoms with Crippen molar-refractivity contribution in [3.05, 3.63) is 75.3 Å². The molecule has 0 aromatic heterocycles. The van der Waals surface area contributed by atoms with Crippen LogP contribution in [0.25, 0.3) is 0 Å². The van der Waals surface area contributed by atoms with Crippen molar-refractivity contribution in [2.45, 2.75) is 5.75 Å². The number of nitrogens with zero attached hydrogens (tertiary/aromatic N) is 2. The minimum atomic E-state index is -0.567. The third-order valence-corrected chi connectivity index (χ3v) is 4.28. The molecule has 0 radical (unpaired) electrons. The highest BCUT2D eigenvalue weighted by Gasteiger charge is 2.18. The average Bonchev–Trinajstić information content (AvgIpc) is 2.61. The summed E-state index contributed by atoms with van der Waals surface area (Å²) in [4.78, 5) is 22.4. The van der Waals surface area contributed by atoms with Crippen LogP contribution in [0.3, 0.4) is 0 Å². The zero-order valence-corrected chi connectivity index (χ0v) is 13.6. The van der Waals surface area contributed by atoms with Crippen LogP contribution in [0.2, 0.25) is 0 Å². The third kappa shape index (κ3) is 4.57. The number of nitrogens with one attached hydrogen (secondary N) is 1. The van der Waals surface area contributed by atoms with Crippen molar-refractivity contribution < 1.29 is 9.72 Å². The molecule has 7 heteroatoms. The summed E-state index contributed by atoms with van der Waals surface area (Å²) in [5.41, 5.74) is 1.46. The molecular weight excluding hydrogens is 326 g/mol. The molecule has 0 heterocycles. The lowest BCUT2D eigenvalue weighted by Crippen LogP contribution is -2.26. The summed E-state index contributed by atoms with van der Waals surface area (Å²) >= 11 is 1.58. The highest BCUT2D eigenvalue weighted by molar-refractivity contribution is 7.98. The Morgan fingerprint density at radius 3 is 2.67 bits per heavy atom. The lowest BCUT2D eigenvalue weighted by molar-refractivity contribution is -0.385. The van der Waals surface area contributed by atoms with Crippen LogP contribution in [0.15, 0.2) is 48.5 Å². The number of hydrogen-bond donors (Lipinski definition) is 1. The van der Waals surface area contributed by atoms with E-state index in [1.165, 1.54) is 18.2 Å². The van der Waals surface area contributed by atoms with Crippen LogP contribution in [-0.4, -0.2) is 23.1 Å². The third-order valence-electron chi connectivity index (χ3n) is 3.27. The Morgan fingerprint density at radius 2 is 1.92 bits per heavy atom. The molecule has 0 saturated heterocycles. The second-order valence-corrected chi connectivity index (χ2v) is 5.96. The molecule has 1 N–H and O–H groups in total. The maximum absolute atomic E-state index is 12.0. The molecule has 0 unspecified atom stereocenters. The Kier molecular flexibility index (Phi) is 6.34. The van der Waals surface area contributed by atoms with Crippen LogP contribution < -0.4 is 5.32 Å². The number of para-hydroxylation sites is 1. The normalized spacial score (nSPS) is 9.96. The van der Waals surface area contributed by atoms with E-state index in [0.29, 0.717) is 23.6 Å². The number of nitro groups is 1. The van der Waals surface area contributed by atoms with Gasteiger partial charge in [0.2, 0.25) is 0 Å². The number of thioether (sulfide) groups is 1. The van der Waals surface area contributed by atoms with E-state index in [9.17, 15) is 14.9 Å². The molecule has 0 saturated carbocycles. The largest absolute Gasteiger partial charge is 0.351 e. The number of hydrogen-bond acceptors (Lipinski definition) is 5. The SMILES string of the molecule is N#Cc1ccccc1CSCCNC(=O)c1ccccc1[N+](=O)[O-]. The van der Waals surface area contributed by atoms with Gasteiger partial charge in [0.1, 0.15) is 5.56 Å². The summed E-state index contributed by atoms with van der Waals surface area (Å²) in [6.45, 7) is 0.393. The summed E-state index contributed by atoms with van der Waals surface area (Å²) in [6, 6.07) is 15.4. The fraction of sp³-hybridized carbons (Fsp3) is 0.176. The Labute approximate surface area is 143 Å². The molecule has 0 fully saturated rings. The number of amides is 1. The van der Waals surface area contributed by atoms with Crippen molar-refractivity contribution >= 4 is 23.4 Å². The topological polar surface area (TPSA) is 96.0 Å². The molecule has 0 bridgehead atoms. The molecule has 0 aliphatic heterocycles. The van der Waals surface area contributed by atoms with Gasteiger partial charge in [0.05, 0.1) is 16.6 Å². The predicted octanol–water partition coefficient (Wildman–Crippen LogP) is 3.13. The van der Waals surface area contributed by atoms with Gasteiger partial charge in [0.15, 0.2) is 0 Å². The molecule has 2 rings (SSSR count). The van der Waals surface area contributed by atoms with Gasteiger partial charge < -0.3 is 5.32 Å². The van der Waals surface area contributed by atoms with E-state index < -0.39 is 10.8 Å². The van der Waals surface area contributed by atoms with Crippen molar-refractivity contribution in [3.63, 3.8) is 0 Å². The van der Waals surface area contributed by atoms with Crippen LogP contribution in [0.4, 0.5) is 5.69 Å². The minimum absolute atomic E-state index is 0.0577. The van der Waals surface area contributed by atoms with Crippen molar-refractivity contribution in [2.75, 3.05) is 12.3 Å². The predicted molar refractivity (Wildman–Crippen MR) is 92.7 cm³/mol. The van der Waals surface area contributed by atoms with Gasteiger partial charge in [-0.15, -0.1) is 0 Å². The number of carbonyl (C=O) groups excluding carboxylic acids is 1. The van der Waals surface area contributed by atoms with Crippen molar-refractivity contribution in [1.82, 2.24) is 5.32 Å². The van der Waals surface area contributed by atoms with E-state index in [1.54, 1.807) is 23.9 Å². The quantitative estimate of drug-likeness (QED) is 0.474. The van der Waals surface area contributed by atoms with Gasteiger partial charge in [0, 0.05) is 24.1 Å². The first-order valence-electron chi connectivity index (χ1n) is 7.21. The standard InChI is InChI=1S/C17H15N3O3S/c18-11-13-5-1-2-6-14(13)12-24-10-9-19-17(21)15-7-3-4-8-16(15)20(22)23/h1-8H,9-10,12H2,(H,19,21). The fourth-order valence-electron chi connectivity index (χ4n) is 2.09. The molecule has 24 heavy (non-hydrogen) atoms. The Bertz CT molecular complexity index is 787. The summed E-state index contributed by atoms with van der Waals surface area (Å²) in [5, 5.41) is 22.6. The van der Waals surface area contributed by atoms with Gasteiger partial charge in [-0.3, -0.25) is 14.9 Å². The fourth-order valence-corrected chi connectivity index (χ4v) is 2.96. The number of carbonyl (C=O) groups is 1. The Hall–Kier alpha value is -2.85. The van der Waals surface area contributed by atoms with E-state index in [0.717, 1.165) is 5.56 Å². The Balaban J connectivity index is 1.82. The van der Waals surface area contributed by atoms with Crippen LogP contribution in [0.1, 0.15) is 21.5 Å². The van der Waals surface area contributed by atoms with E-state index in [-0.39, 0.29) is 11.3 Å². The van der Waals surface area contributed by atoms with Crippen LogP contribution in [0, 0.1) is 21.4 Å². The first kappa shape index (κ1) is 17.5. The first-order valence-corrected chi connectivity index (χ1v) is 8.36. The molecular formula is C17H15N3O3S. The molecule has 122 valence electrons. The molecule has 0 atom stereocenters. The van der Waals surface area contributed by atoms with E-state index in [1.807, 2.05) is 18.2 Å². The molecule has 0 aliphatic rings. The van der Waals surface area contributed by atoms with Crippen molar-refractivity contribution in [1.29, 1.82) is 5.26 Å². The van der Waals surface area contributed by atoms with Gasteiger partial charge in [-0.25, -0.2) is 0 Å². The van der Waals surface area contributed by atoms with Crippen LogP contribution in [-0.2, 0) is 5.75 Å². The van der Waals surface area contributed by atoms with Crippen LogP contribution in [0.5, 0.6) is 0 Å². The minimum Gasteiger partial charge on any atom is -0.351 e. The van der Waals surface area contributed by atoms with Crippen molar-refractivity contribution in [3.8, 4) is 6.07 Å². The number of nitriles is 1. The maximum Gasteiger partial charge on any atom is 0.282 e. The first-order chi connectivity index (χ1) is 11.6. The van der Waals surface area contributed by atoms with Gasteiger partial charge in [-0.1, -0.05) is 30.3 Å². The zero-order chi connectivity index (χ0) is 17.4. The molecule has 1 amide bonds. The van der Waals surface area contributed by atoms with E-state index in [2.05, 4.69) is 11.4 Å². The number of nitro benzene ring substituents is 1. The Morgan fingerprint density at radius 1 is 1.21 bits per heavy atom. The van der Waals surface area contributed by atoms with Crippen LogP contribution >= 0.6 is 11.8 Å². The summed E-state index contributed by atoms with van der Waals surface area (Å²) in [6.07, 6.45) is 0. The highest BCUT2D eigenvalue weighted by atomic mass is 32.2. The summed E-state index contributed by atoms with van der Waals surface area (Å²) in [7, 11) is 0. The second-order valence-electron chi connectivity index (χ2n) is 4.85. The van der Waals surface area contributed by atoms with Gasteiger partial charge in [-0.2, -0.15) is 17.0 Å². The maximum atomic E-state index is 12.0. The second kappa shape index (κ2) is 8.70. The summed E-state index contributed by atoms with van der Waals surface area (Å²) < 4.78 is 0. The van der Waals surface area contributed by atoms with Gasteiger partial charge in [0.25, 0.3) is 11.6 Å². The number of benzene rings is 2. The highest BCUT2D eigenvalue weighted by Crippen LogP contribution is 2.18. The average molecular weight is 341 g/mol. The monoisotopic (exact) mass is 341 g/mol. The molecule has 0 spiro atoms. The van der Waals surface area contributed by atoms with Gasteiger partial charge >= 0.3 is 0 Å². The number of rotatable bonds is 7. The van der Waals surface area contributed by atoms with Crippen molar-refractivity contribution in [2.24, 2.45) is 0 Å². The molecule has 6 nitrogen and oxygen atoms in total. The zero-order valence-electron chi connectivity index (χ0n) is 12.8. The van der Waals surface area contributed by atoms with Gasteiger partial charge in [-0.05, 0) is 17.7 Å².